The molecule has 6 heteroatoms. The minimum atomic E-state index is -3.63. The van der Waals surface area contributed by atoms with E-state index < -0.39 is 15.6 Å². The van der Waals surface area contributed by atoms with Gasteiger partial charge < -0.3 is 9.52 Å². The standard InChI is InChI=1S/C10H17NO4S/c1-7(2)11-16(13,14)9-5-8(6-15-9)10(3,4)12/h5-7,11-12H,1-4H3. The third kappa shape index (κ3) is 3.07. The maximum atomic E-state index is 11.7. The number of aliphatic hydroxyl groups is 1. The van der Waals surface area contributed by atoms with E-state index in [1.165, 1.54) is 12.3 Å². The Morgan fingerprint density at radius 3 is 2.38 bits per heavy atom. The van der Waals surface area contributed by atoms with Crippen LogP contribution in [0.4, 0.5) is 0 Å². The molecule has 1 rings (SSSR count). The summed E-state index contributed by atoms with van der Waals surface area (Å²) in [7, 11) is -3.63. The maximum absolute atomic E-state index is 11.7. The minimum absolute atomic E-state index is 0.182. The predicted molar refractivity (Wildman–Crippen MR) is 59.4 cm³/mol. The van der Waals surface area contributed by atoms with Gasteiger partial charge in [-0.25, -0.2) is 13.1 Å². The van der Waals surface area contributed by atoms with Crippen LogP contribution in [0.25, 0.3) is 0 Å². The summed E-state index contributed by atoms with van der Waals surface area (Å²) in [6, 6.07) is 1.12. The van der Waals surface area contributed by atoms with Gasteiger partial charge in [-0.1, -0.05) is 0 Å². The summed E-state index contributed by atoms with van der Waals surface area (Å²) in [5.74, 6) is 0. The predicted octanol–water partition coefficient (Wildman–Crippen LogP) is 1.19. The molecule has 0 aliphatic carbocycles. The van der Waals surface area contributed by atoms with Gasteiger partial charge in [-0.3, -0.25) is 0 Å². The topological polar surface area (TPSA) is 79.5 Å². The summed E-state index contributed by atoms with van der Waals surface area (Å²) in [6.45, 7) is 6.56. The van der Waals surface area contributed by atoms with Gasteiger partial charge in [0.2, 0.25) is 5.09 Å². The Bertz CT molecular complexity index is 453. The lowest BCUT2D eigenvalue weighted by Crippen LogP contribution is -2.30. The number of sulfonamides is 1. The summed E-state index contributed by atoms with van der Waals surface area (Å²) in [6.07, 6.45) is 1.24. The molecule has 5 nitrogen and oxygen atoms in total. The van der Waals surface area contributed by atoms with Crippen LogP contribution in [0.2, 0.25) is 0 Å². The molecule has 16 heavy (non-hydrogen) atoms. The van der Waals surface area contributed by atoms with E-state index in [4.69, 9.17) is 4.42 Å². The van der Waals surface area contributed by atoms with Crippen molar-refractivity contribution in [1.29, 1.82) is 0 Å². The van der Waals surface area contributed by atoms with Crippen molar-refractivity contribution in [2.24, 2.45) is 0 Å². The molecule has 0 aliphatic heterocycles. The molecule has 0 fully saturated rings. The highest BCUT2D eigenvalue weighted by Gasteiger charge is 2.24. The molecular formula is C10H17NO4S. The van der Waals surface area contributed by atoms with Gasteiger partial charge in [-0.15, -0.1) is 0 Å². The van der Waals surface area contributed by atoms with Crippen molar-refractivity contribution >= 4 is 10.0 Å². The maximum Gasteiger partial charge on any atom is 0.274 e. The molecular weight excluding hydrogens is 230 g/mol. The first-order chi connectivity index (χ1) is 7.13. The van der Waals surface area contributed by atoms with Crippen LogP contribution in [-0.2, 0) is 15.6 Å². The van der Waals surface area contributed by atoms with Crippen LogP contribution in [0.5, 0.6) is 0 Å². The average molecular weight is 247 g/mol. The van der Waals surface area contributed by atoms with E-state index in [9.17, 15) is 13.5 Å². The van der Waals surface area contributed by atoms with Gasteiger partial charge >= 0.3 is 0 Å². The van der Waals surface area contributed by atoms with Gasteiger partial charge in [0.1, 0.15) is 0 Å². The Labute approximate surface area is 95.5 Å². The lowest BCUT2D eigenvalue weighted by atomic mass is 10.0. The summed E-state index contributed by atoms with van der Waals surface area (Å²) in [5, 5.41) is 9.49. The normalized spacial score (nSPS) is 13.4. The van der Waals surface area contributed by atoms with Gasteiger partial charge in [-0.2, -0.15) is 0 Å². The highest BCUT2D eigenvalue weighted by molar-refractivity contribution is 7.89. The molecule has 0 bridgehead atoms. The second kappa shape index (κ2) is 4.20. The quantitative estimate of drug-likeness (QED) is 0.837. The number of nitrogens with one attached hydrogen (secondary N) is 1. The summed E-state index contributed by atoms with van der Waals surface area (Å²) in [5.41, 5.74) is -0.689. The highest BCUT2D eigenvalue weighted by atomic mass is 32.2. The third-order valence-electron chi connectivity index (χ3n) is 1.94. The Kier molecular flexibility index (Phi) is 3.47. The van der Waals surface area contributed by atoms with Gasteiger partial charge in [0.05, 0.1) is 11.9 Å². The molecule has 0 amide bonds. The number of rotatable bonds is 4. The minimum Gasteiger partial charge on any atom is -0.451 e. The van der Waals surface area contributed by atoms with Crippen molar-refractivity contribution < 1.29 is 17.9 Å². The van der Waals surface area contributed by atoms with E-state index in [1.807, 2.05) is 0 Å². The summed E-state index contributed by atoms with van der Waals surface area (Å²) < 4.78 is 30.7. The first-order valence-corrected chi connectivity index (χ1v) is 6.45. The fraction of sp³-hybridized carbons (Fsp3) is 0.600. The van der Waals surface area contributed by atoms with Gasteiger partial charge in [-0.05, 0) is 27.7 Å². The molecule has 0 spiro atoms. The highest BCUT2D eigenvalue weighted by Crippen LogP contribution is 2.24. The molecule has 0 unspecified atom stereocenters. The molecule has 1 aromatic heterocycles. The van der Waals surface area contributed by atoms with Crippen molar-refractivity contribution in [1.82, 2.24) is 4.72 Å². The molecule has 2 N–H and O–H groups in total. The zero-order valence-electron chi connectivity index (χ0n) is 9.81. The van der Waals surface area contributed by atoms with E-state index in [1.54, 1.807) is 27.7 Å². The zero-order valence-corrected chi connectivity index (χ0v) is 10.6. The molecule has 92 valence electrons. The van der Waals surface area contributed by atoms with Crippen LogP contribution < -0.4 is 4.72 Å². The van der Waals surface area contributed by atoms with Crippen molar-refractivity contribution in [2.75, 3.05) is 0 Å². The Morgan fingerprint density at radius 1 is 1.44 bits per heavy atom. The summed E-state index contributed by atoms with van der Waals surface area (Å²) >= 11 is 0. The molecule has 0 atom stereocenters. The Morgan fingerprint density at radius 2 is 2.00 bits per heavy atom. The number of hydrogen-bond acceptors (Lipinski definition) is 4. The van der Waals surface area contributed by atoms with E-state index in [-0.39, 0.29) is 11.1 Å². The van der Waals surface area contributed by atoms with Gasteiger partial charge in [0.25, 0.3) is 10.0 Å². The molecule has 0 aromatic carbocycles. The van der Waals surface area contributed by atoms with Gasteiger partial charge in [0.15, 0.2) is 0 Å². The van der Waals surface area contributed by atoms with Crippen LogP contribution in [0.15, 0.2) is 21.8 Å². The van der Waals surface area contributed by atoms with E-state index >= 15 is 0 Å². The fourth-order valence-corrected chi connectivity index (χ4v) is 2.34. The number of furan rings is 1. The molecule has 0 aliphatic rings. The lowest BCUT2D eigenvalue weighted by molar-refractivity contribution is 0.0779. The van der Waals surface area contributed by atoms with Gasteiger partial charge in [0, 0.05) is 17.7 Å². The van der Waals surface area contributed by atoms with E-state index in [2.05, 4.69) is 4.72 Å². The fourth-order valence-electron chi connectivity index (χ4n) is 1.15. The third-order valence-corrected chi connectivity index (χ3v) is 3.46. The zero-order chi connectivity index (χ0) is 12.6. The second-order valence-corrected chi connectivity index (χ2v) is 6.13. The van der Waals surface area contributed by atoms with Crippen LogP contribution in [-0.4, -0.2) is 19.6 Å². The first-order valence-electron chi connectivity index (χ1n) is 4.96. The van der Waals surface area contributed by atoms with Crippen LogP contribution in [0, 0.1) is 0 Å². The first kappa shape index (κ1) is 13.2. The van der Waals surface area contributed by atoms with Crippen LogP contribution >= 0.6 is 0 Å². The Balaban J connectivity index is 3.03. The Hall–Kier alpha value is -0.850. The van der Waals surface area contributed by atoms with Crippen molar-refractivity contribution in [2.45, 2.75) is 44.4 Å². The molecule has 1 aromatic rings. The summed E-state index contributed by atoms with van der Waals surface area (Å²) in [4.78, 5) is 0. The molecule has 0 saturated carbocycles. The van der Waals surface area contributed by atoms with Crippen molar-refractivity contribution in [3.8, 4) is 0 Å². The van der Waals surface area contributed by atoms with Crippen LogP contribution in [0.3, 0.4) is 0 Å². The van der Waals surface area contributed by atoms with E-state index in [0.717, 1.165) is 0 Å². The van der Waals surface area contributed by atoms with Crippen LogP contribution in [0.1, 0.15) is 33.3 Å². The smallest absolute Gasteiger partial charge is 0.274 e. The molecule has 0 radical (unpaired) electrons. The monoisotopic (exact) mass is 247 g/mol. The SMILES string of the molecule is CC(C)NS(=O)(=O)c1cc(C(C)(C)O)co1. The largest absolute Gasteiger partial charge is 0.451 e. The van der Waals surface area contributed by atoms with E-state index in [0.29, 0.717) is 5.56 Å². The van der Waals surface area contributed by atoms with Crippen molar-refractivity contribution in [3.63, 3.8) is 0 Å². The molecule has 0 saturated heterocycles. The second-order valence-electron chi connectivity index (χ2n) is 4.49. The average Bonchev–Trinajstić information content (AvgIpc) is 2.47. The lowest BCUT2D eigenvalue weighted by Gasteiger charge is -2.13. The molecule has 1 heterocycles. The van der Waals surface area contributed by atoms with Crippen molar-refractivity contribution in [3.05, 3.63) is 17.9 Å². The number of hydrogen-bond donors (Lipinski definition) is 2.